The van der Waals surface area contributed by atoms with Gasteiger partial charge in [0, 0.05) is 19.0 Å². The fourth-order valence-corrected chi connectivity index (χ4v) is 3.12. The molecule has 3 atom stereocenters. The molecule has 0 aromatic rings. The Balaban J connectivity index is 0.00000162. The molecule has 2 heterocycles. The lowest BCUT2D eigenvalue weighted by Crippen LogP contribution is -2.46. The molecular formula is C14H27ClN2O. The van der Waals surface area contributed by atoms with E-state index >= 15 is 0 Å². The third kappa shape index (κ3) is 3.86. The number of halogens is 1. The van der Waals surface area contributed by atoms with E-state index in [2.05, 4.69) is 24.1 Å². The smallest absolute Gasteiger partial charge is 0.222 e. The zero-order valence-corrected chi connectivity index (χ0v) is 12.5. The Labute approximate surface area is 117 Å². The van der Waals surface area contributed by atoms with Gasteiger partial charge in [0.05, 0.1) is 0 Å². The average molecular weight is 275 g/mol. The van der Waals surface area contributed by atoms with Gasteiger partial charge in [-0.2, -0.15) is 0 Å². The highest BCUT2D eigenvalue weighted by molar-refractivity contribution is 5.85. The molecule has 0 aliphatic carbocycles. The number of hydrogen-bond donors (Lipinski definition) is 1. The molecule has 0 bridgehead atoms. The van der Waals surface area contributed by atoms with Gasteiger partial charge in [0.25, 0.3) is 0 Å². The number of carbonyl (C=O) groups excluding carboxylic acids is 1. The summed E-state index contributed by atoms with van der Waals surface area (Å²) in [7, 11) is 0. The van der Waals surface area contributed by atoms with Crippen LogP contribution in [0.2, 0.25) is 0 Å². The summed E-state index contributed by atoms with van der Waals surface area (Å²) in [6.07, 6.45) is 5.53. The number of likely N-dealkylation sites (tertiary alicyclic amines) is 1. The van der Waals surface area contributed by atoms with E-state index in [-0.39, 0.29) is 12.4 Å². The topological polar surface area (TPSA) is 32.3 Å². The summed E-state index contributed by atoms with van der Waals surface area (Å²) in [5.41, 5.74) is 0. The lowest BCUT2D eigenvalue weighted by molar-refractivity contribution is -0.136. The number of nitrogens with one attached hydrogen (secondary N) is 1. The van der Waals surface area contributed by atoms with Crippen LogP contribution in [0.25, 0.3) is 0 Å². The first kappa shape index (κ1) is 15.8. The molecule has 2 saturated heterocycles. The van der Waals surface area contributed by atoms with Crippen LogP contribution in [-0.4, -0.2) is 36.5 Å². The molecule has 3 unspecified atom stereocenters. The largest absolute Gasteiger partial charge is 0.340 e. The van der Waals surface area contributed by atoms with Gasteiger partial charge in [0.15, 0.2) is 0 Å². The van der Waals surface area contributed by atoms with E-state index in [1.54, 1.807) is 0 Å². The van der Waals surface area contributed by atoms with Crippen LogP contribution < -0.4 is 5.32 Å². The van der Waals surface area contributed by atoms with Crippen molar-refractivity contribution in [2.75, 3.05) is 19.6 Å². The number of piperidine rings is 1. The fraction of sp³-hybridized carbons (Fsp3) is 0.929. The van der Waals surface area contributed by atoms with Gasteiger partial charge in [0.2, 0.25) is 5.91 Å². The highest BCUT2D eigenvalue weighted by Gasteiger charge is 2.28. The van der Waals surface area contributed by atoms with E-state index in [1.165, 1.54) is 19.3 Å². The molecule has 2 aliphatic rings. The number of nitrogens with zero attached hydrogens (tertiary/aromatic N) is 1. The second kappa shape index (κ2) is 7.34. The molecular weight excluding hydrogens is 248 g/mol. The Hall–Kier alpha value is -0.280. The Kier molecular flexibility index (Phi) is 6.44. The quantitative estimate of drug-likeness (QED) is 0.857. The summed E-state index contributed by atoms with van der Waals surface area (Å²) in [4.78, 5) is 14.3. The zero-order valence-electron chi connectivity index (χ0n) is 11.7. The van der Waals surface area contributed by atoms with Gasteiger partial charge in [0.1, 0.15) is 0 Å². The van der Waals surface area contributed by atoms with Crippen molar-refractivity contribution >= 4 is 18.3 Å². The lowest BCUT2D eigenvalue weighted by Gasteiger charge is -2.38. The van der Waals surface area contributed by atoms with Gasteiger partial charge in [-0.3, -0.25) is 4.79 Å². The molecule has 1 amide bonds. The summed E-state index contributed by atoms with van der Waals surface area (Å²) in [5, 5.41) is 3.37. The van der Waals surface area contributed by atoms with Crippen LogP contribution in [0, 0.1) is 11.8 Å². The maximum atomic E-state index is 12.2. The Morgan fingerprint density at radius 3 is 2.78 bits per heavy atom. The zero-order chi connectivity index (χ0) is 12.3. The maximum absolute atomic E-state index is 12.2. The summed E-state index contributed by atoms with van der Waals surface area (Å²) >= 11 is 0. The first-order valence-corrected chi connectivity index (χ1v) is 7.18. The van der Waals surface area contributed by atoms with Crippen molar-refractivity contribution < 1.29 is 4.79 Å². The van der Waals surface area contributed by atoms with E-state index in [0.29, 0.717) is 17.9 Å². The highest BCUT2D eigenvalue weighted by Crippen LogP contribution is 2.24. The molecule has 0 saturated carbocycles. The molecule has 2 fully saturated rings. The predicted octanol–water partition coefficient (Wildman–Crippen LogP) is 2.44. The van der Waals surface area contributed by atoms with Crippen LogP contribution >= 0.6 is 12.4 Å². The van der Waals surface area contributed by atoms with Crippen LogP contribution in [0.15, 0.2) is 0 Å². The SMILES string of the molecule is CC1CCCN(C(=O)CCC2CCNC2)C1C.Cl. The van der Waals surface area contributed by atoms with Crippen LogP contribution in [0.4, 0.5) is 0 Å². The summed E-state index contributed by atoms with van der Waals surface area (Å²) in [6, 6.07) is 0.443. The van der Waals surface area contributed by atoms with Gasteiger partial charge in [-0.1, -0.05) is 6.92 Å². The number of rotatable bonds is 3. The standard InChI is InChI=1S/C14H26N2O.ClH/c1-11-4-3-9-16(12(11)2)14(17)6-5-13-7-8-15-10-13;/h11-13,15H,3-10H2,1-2H3;1H. The highest BCUT2D eigenvalue weighted by atomic mass is 35.5. The van der Waals surface area contributed by atoms with Crippen molar-refractivity contribution in [3.8, 4) is 0 Å². The average Bonchev–Trinajstić information content (AvgIpc) is 2.82. The number of amides is 1. The van der Waals surface area contributed by atoms with Crippen LogP contribution in [0.5, 0.6) is 0 Å². The molecule has 0 aromatic carbocycles. The summed E-state index contributed by atoms with van der Waals surface area (Å²) < 4.78 is 0. The number of hydrogen-bond acceptors (Lipinski definition) is 2. The summed E-state index contributed by atoms with van der Waals surface area (Å²) in [5.74, 6) is 1.79. The predicted molar refractivity (Wildman–Crippen MR) is 77.0 cm³/mol. The van der Waals surface area contributed by atoms with E-state index in [4.69, 9.17) is 0 Å². The number of carbonyl (C=O) groups is 1. The van der Waals surface area contributed by atoms with Crippen molar-refractivity contribution in [2.24, 2.45) is 11.8 Å². The van der Waals surface area contributed by atoms with Gasteiger partial charge in [-0.15, -0.1) is 12.4 Å². The van der Waals surface area contributed by atoms with Gasteiger partial charge in [-0.05, 0) is 57.5 Å². The molecule has 18 heavy (non-hydrogen) atoms. The first-order chi connectivity index (χ1) is 8.18. The molecule has 3 nitrogen and oxygen atoms in total. The van der Waals surface area contributed by atoms with Crippen molar-refractivity contribution in [1.29, 1.82) is 0 Å². The minimum Gasteiger partial charge on any atom is -0.340 e. The molecule has 106 valence electrons. The van der Waals surface area contributed by atoms with Crippen LogP contribution in [0.1, 0.15) is 46.0 Å². The monoisotopic (exact) mass is 274 g/mol. The second-order valence-corrected chi connectivity index (χ2v) is 5.84. The van der Waals surface area contributed by atoms with Crippen molar-refractivity contribution in [2.45, 2.75) is 52.0 Å². The Morgan fingerprint density at radius 1 is 1.33 bits per heavy atom. The minimum atomic E-state index is 0. The fourth-order valence-electron chi connectivity index (χ4n) is 3.12. The molecule has 2 rings (SSSR count). The molecule has 1 N–H and O–H groups in total. The van der Waals surface area contributed by atoms with E-state index in [1.807, 2.05) is 0 Å². The first-order valence-electron chi connectivity index (χ1n) is 7.18. The van der Waals surface area contributed by atoms with E-state index in [9.17, 15) is 4.79 Å². The van der Waals surface area contributed by atoms with Crippen molar-refractivity contribution in [3.05, 3.63) is 0 Å². The van der Waals surface area contributed by atoms with Gasteiger partial charge in [-0.25, -0.2) is 0 Å². The normalized spacial score (nSPS) is 32.1. The van der Waals surface area contributed by atoms with E-state index in [0.717, 1.165) is 38.4 Å². The van der Waals surface area contributed by atoms with E-state index < -0.39 is 0 Å². The third-order valence-electron chi connectivity index (χ3n) is 4.62. The van der Waals surface area contributed by atoms with Gasteiger partial charge < -0.3 is 10.2 Å². The molecule has 2 aliphatic heterocycles. The van der Waals surface area contributed by atoms with Crippen LogP contribution in [0.3, 0.4) is 0 Å². The maximum Gasteiger partial charge on any atom is 0.222 e. The Bertz CT molecular complexity index is 267. The van der Waals surface area contributed by atoms with Crippen molar-refractivity contribution in [1.82, 2.24) is 10.2 Å². The third-order valence-corrected chi connectivity index (χ3v) is 4.62. The molecule has 0 spiro atoms. The van der Waals surface area contributed by atoms with Gasteiger partial charge >= 0.3 is 0 Å². The van der Waals surface area contributed by atoms with Crippen molar-refractivity contribution in [3.63, 3.8) is 0 Å². The second-order valence-electron chi connectivity index (χ2n) is 5.84. The molecule has 4 heteroatoms. The van der Waals surface area contributed by atoms with Crippen LogP contribution in [-0.2, 0) is 4.79 Å². The minimum absolute atomic E-state index is 0. The summed E-state index contributed by atoms with van der Waals surface area (Å²) in [6.45, 7) is 7.70. The lowest BCUT2D eigenvalue weighted by atomic mass is 9.91. The Morgan fingerprint density at radius 2 is 2.11 bits per heavy atom. The molecule has 0 aromatic heterocycles. The molecule has 0 radical (unpaired) electrons.